The number of aliphatic carboxylic acids is 1. The van der Waals surface area contributed by atoms with Crippen molar-refractivity contribution in [3.05, 3.63) is 22.4 Å². The Bertz CT molecular complexity index is 499. The molecule has 2 atom stereocenters. The molecule has 1 aliphatic rings. The molecule has 7 heteroatoms. The lowest BCUT2D eigenvalue weighted by atomic mass is 10.2. The van der Waals surface area contributed by atoms with Crippen LogP contribution in [0.25, 0.3) is 0 Å². The number of rotatable bonds is 2. The third kappa shape index (κ3) is 2.28. The first-order valence-electron chi connectivity index (χ1n) is 5.44. The number of aromatic nitrogens is 1. The van der Waals surface area contributed by atoms with Crippen LogP contribution in [-0.4, -0.2) is 50.2 Å². The molecule has 0 radical (unpaired) electrons. The van der Waals surface area contributed by atoms with E-state index >= 15 is 0 Å². The van der Waals surface area contributed by atoms with Gasteiger partial charge in [0.1, 0.15) is 11.7 Å². The second-order valence-corrected chi connectivity index (χ2v) is 5.27. The number of carboxylic acids is 1. The molecule has 18 heavy (non-hydrogen) atoms. The van der Waals surface area contributed by atoms with Gasteiger partial charge in [-0.1, -0.05) is 0 Å². The van der Waals surface area contributed by atoms with E-state index in [9.17, 15) is 14.7 Å². The van der Waals surface area contributed by atoms with Crippen molar-refractivity contribution in [1.29, 1.82) is 0 Å². The fourth-order valence-corrected chi connectivity index (χ4v) is 2.68. The first-order valence-corrected chi connectivity index (χ1v) is 6.23. The number of aliphatic hydroxyl groups is 1. The number of aliphatic hydroxyl groups excluding tert-OH is 1. The Morgan fingerprint density at radius 2 is 2.17 bits per heavy atom. The Morgan fingerprint density at radius 1 is 1.50 bits per heavy atom. The van der Waals surface area contributed by atoms with Gasteiger partial charge in [-0.3, -0.25) is 4.79 Å². The molecule has 98 valence electrons. The first kappa shape index (κ1) is 13.1. The molecule has 2 N–H and O–H groups in total. The van der Waals surface area contributed by atoms with E-state index in [2.05, 4.69) is 15.9 Å². The van der Waals surface area contributed by atoms with Crippen LogP contribution >= 0.6 is 15.9 Å². The highest BCUT2D eigenvalue weighted by atomic mass is 79.9. The molecule has 0 spiro atoms. The van der Waals surface area contributed by atoms with Gasteiger partial charge < -0.3 is 19.7 Å². The minimum absolute atomic E-state index is 0.0542. The number of β-amino-alcohol motifs (C(OH)–C–C–N with tert-alkyl or cyclic N) is 1. The fourth-order valence-electron chi connectivity index (χ4n) is 2.16. The molecular weight excluding hydrogens is 304 g/mol. The summed E-state index contributed by atoms with van der Waals surface area (Å²) in [5.74, 6) is -1.47. The van der Waals surface area contributed by atoms with E-state index in [-0.39, 0.29) is 18.9 Å². The van der Waals surface area contributed by atoms with Gasteiger partial charge in [0.15, 0.2) is 0 Å². The molecule has 1 aliphatic heterocycles. The van der Waals surface area contributed by atoms with E-state index in [0.717, 1.165) is 4.47 Å². The highest BCUT2D eigenvalue weighted by Gasteiger charge is 2.39. The van der Waals surface area contributed by atoms with E-state index in [1.807, 2.05) is 0 Å². The van der Waals surface area contributed by atoms with Gasteiger partial charge in [0.2, 0.25) is 0 Å². The average Bonchev–Trinajstić information content (AvgIpc) is 2.81. The molecule has 0 saturated carbocycles. The normalized spacial score (nSPS) is 23.4. The predicted molar refractivity (Wildman–Crippen MR) is 66.2 cm³/mol. The van der Waals surface area contributed by atoms with E-state index < -0.39 is 18.1 Å². The quantitative estimate of drug-likeness (QED) is 0.829. The van der Waals surface area contributed by atoms with Gasteiger partial charge >= 0.3 is 5.97 Å². The van der Waals surface area contributed by atoms with Gasteiger partial charge in [-0.05, 0) is 22.0 Å². The van der Waals surface area contributed by atoms with Crippen LogP contribution in [0.2, 0.25) is 0 Å². The maximum Gasteiger partial charge on any atom is 0.326 e. The molecule has 6 nitrogen and oxygen atoms in total. The summed E-state index contributed by atoms with van der Waals surface area (Å²) in [5.41, 5.74) is 0.391. The summed E-state index contributed by atoms with van der Waals surface area (Å²) >= 11 is 3.26. The second-order valence-electron chi connectivity index (χ2n) is 4.36. The van der Waals surface area contributed by atoms with Crippen molar-refractivity contribution in [3.8, 4) is 0 Å². The highest BCUT2D eigenvalue weighted by molar-refractivity contribution is 9.10. The number of nitrogens with zero attached hydrogens (tertiary/aromatic N) is 2. The van der Waals surface area contributed by atoms with E-state index in [0.29, 0.717) is 5.69 Å². The van der Waals surface area contributed by atoms with Crippen LogP contribution in [0, 0.1) is 0 Å². The molecule has 0 unspecified atom stereocenters. The smallest absolute Gasteiger partial charge is 0.326 e. The lowest BCUT2D eigenvalue weighted by molar-refractivity contribution is -0.141. The molecule has 1 saturated heterocycles. The molecule has 1 fully saturated rings. The van der Waals surface area contributed by atoms with Crippen LogP contribution in [0.4, 0.5) is 0 Å². The maximum absolute atomic E-state index is 12.3. The van der Waals surface area contributed by atoms with Crippen LogP contribution < -0.4 is 0 Å². The number of carbonyl (C=O) groups excluding carboxylic acids is 1. The number of hydrogen-bond donors (Lipinski definition) is 2. The van der Waals surface area contributed by atoms with E-state index in [1.54, 1.807) is 23.9 Å². The zero-order valence-corrected chi connectivity index (χ0v) is 11.3. The van der Waals surface area contributed by atoms with Crippen LogP contribution in [0.5, 0.6) is 0 Å². The van der Waals surface area contributed by atoms with Crippen LogP contribution in [0.15, 0.2) is 16.7 Å². The summed E-state index contributed by atoms with van der Waals surface area (Å²) in [6, 6.07) is 0.674. The monoisotopic (exact) mass is 316 g/mol. The summed E-state index contributed by atoms with van der Waals surface area (Å²) in [6.07, 6.45) is 1.01. The topological polar surface area (TPSA) is 82.8 Å². The van der Waals surface area contributed by atoms with Crippen molar-refractivity contribution >= 4 is 27.8 Å². The van der Waals surface area contributed by atoms with Crippen molar-refractivity contribution in [1.82, 2.24) is 9.47 Å². The fraction of sp³-hybridized carbons (Fsp3) is 0.455. The Morgan fingerprint density at radius 3 is 2.67 bits per heavy atom. The highest BCUT2D eigenvalue weighted by Crippen LogP contribution is 2.22. The van der Waals surface area contributed by atoms with Crippen molar-refractivity contribution < 1.29 is 19.8 Å². The van der Waals surface area contributed by atoms with Gasteiger partial charge in [0.05, 0.1) is 6.10 Å². The van der Waals surface area contributed by atoms with Gasteiger partial charge in [0.25, 0.3) is 5.91 Å². The molecule has 1 aromatic heterocycles. The standard InChI is InChI=1S/C11H13BrN2O4/c1-13-4-6(12)2-8(13)10(16)14-5-7(15)3-9(14)11(17)18/h2,4,7,9,15H,3,5H2,1H3,(H,17,18)/t7-,9-/m1/s1. The van der Waals surface area contributed by atoms with Crippen LogP contribution in [0.1, 0.15) is 16.9 Å². The van der Waals surface area contributed by atoms with Gasteiger partial charge in [0, 0.05) is 30.7 Å². The number of aryl methyl sites for hydroxylation is 1. The summed E-state index contributed by atoms with van der Waals surface area (Å²) in [5, 5.41) is 18.6. The number of carboxylic acid groups (broad SMARTS) is 1. The van der Waals surface area contributed by atoms with Gasteiger partial charge in [-0.25, -0.2) is 4.79 Å². The summed E-state index contributed by atoms with van der Waals surface area (Å²) in [6.45, 7) is 0.0542. The lowest BCUT2D eigenvalue weighted by Crippen LogP contribution is -2.41. The summed E-state index contributed by atoms with van der Waals surface area (Å²) < 4.78 is 2.37. The molecule has 1 amide bonds. The van der Waals surface area contributed by atoms with Crippen molar-refractivity contribution in [3.63, 3.8) is 0 Å². The van der Waals surface area contributed by atoms with E-state index in [4.69, 9.17) is 5.11 Å². The van der Waals surface area contributed by atoms with Crippen LogP contribution in [0.3, 0.4) is 0 Å². The maximum atomic E-state index is 12.3. The first-order chi connectivity index (χ1) is 8.40. The molecule has 0 aromatic carbocycles. The number of hydrogen-bond acceptors (Lipinski definition) is 3. The predicted octanol–water partition coefficient (Wildman–Crippen LogP) is 0.448. The number of likely N-dealkylation sites (tertiary alicyclic amines) is 1. The third-order valence-electron chi connectivity index (χ3n) is 3.02. The molecule has 2 heterocycles. The minimum atomic E-state index is -1.09. The average molecular weight is 317 g/mol. The second kappa shape index (κ2) is 4.74. The zero-order chi connectivity index (χ0) is 13.4. The third-order valence-corrected chi connectivity index (χ3v) is 3.45. The van der Waals surface area contributed by atoms with Gasteiger partial charge in [-0.15, -0.1) is 0 Å². The Labute approximate surface area is 112 Å². The Balaban J connectivity index is 2.28. The SMILES string of the molecule is Cn1cc(Br)cc1C(=O)N1C[C@H](O)C[C@@H]1C(=O)O. The largest absolute Gasteiger partial charge is 0.480 e. The summed E-state index contributed by atoms with van der Waals surface area (Å²) in [7, 11) is 1.71. The van der Waals surface area contributed by atoms with E-state index in [1.165, 1.54) is 4.90 Å². The van der Waals surface area contributed by atoms with Gasteiger partial charge in [-0.2, -0.15) is 0 Å². The lowest BCUT2D eigenvalue weighted by Gasteiger charge is -2.21. The molecule has 2 rings (SSSR count). The van der Waals surface area contributed by atoms with Crippen molar-refractivity contribution in [2.24, 2.45) is 7.05 Å². The Kier molecular flexibility index (Phi) is 3.45. The number of amides is 1. The number of carbonyl (C=O) groups is 2. The Hall–Kier alpha value is -1.34. The number of halogens is 1. The molecule has 0 aliphatic carbocycles. The van der Waals surface area contributed by atoms with Crippen LogP contribution in [-0.2, 0) is 11.8 Å². The molecular formula is C11H13BrN2O4. The molecule has 1 aromatic rings. The molecule has 0 bridgehead atoms. The van der Waals surface area contributed by atoms with Crippen molar-refractivity contribution in [2.45, 2.75) is 18.6 Å². The summed E-state index contributed by atoms with van der Waals surface area (Å²) in [4.78, 5) is 24.5. The minimum Gasteiger partial charge on any atom is -0.480 e. The van der Waals surface area contributed by atoms with Crippen molar-refractivity contribution in [2.75, 3.05) is 6.54 Å². The zero-order valence-electron chi connectivity index (χ0n) is 9.71.